The molecule has 0 unspecified atom stereocenters. The molecule has 1 aromatic heterocycles. The van der Waals surface area contributed by atoms with E-state index in [-0.39, 0.29) is 6.04 Å². The monoisotopic (exact) mass is 210 g/mol. The second-order valence-corrected chi connectivity index (χ2v) is 4.49. The van der Waals surface area contributed by atoms with Crippen LogP contribution in [0.2, 0.25) is 0 Å². The molecule has 1 aliphatic rings. The van der Waals surface area contributed by atoms with Crippen LogP contribution in [0.5, 0.6) is 0 Å². The van der Waals surface area contributed by atoms with E-state index < -0.39 is 5.60 Å². The molecular formula is C10H18N4O. The third-order valence-electron chi connectivity index (χ3n) is 2.88. The summed E-state index contributed by atoms with van der Waals surface area (Å²) in [5.41, 5.74) is -0.144. The summed E-state index contributed by atoms with van der Waals surface area (Å²) in [6.07, 6.45) is 3.58. The highest BCUT2D eigenvalue weighted by molar-refractivity contribution is 5.09. The van der Waals surface area contributed by atoms with Crippen molar-refractivity contribution in [2.45, 2.75) is 38.3 Å². The van der Waals surface area contributed by atoms with Crippen LogP contribution in [0.3, 0.4) is 0 Å². The highest BCUT2D eigenvalue weighted by Gasteiger charge is 2.34. The van der Waals surface area contributed by atoms with E-state index in [9.17, 15) is 5.11 Å². The topological polar surface area (TPSA) is 63.0 Å². The van der Waals surface area contributed by atoms with E-state index in [2.05, 4.69) is 15.6 Å². The summed E-state index contributed by atoms with van der Waals surface area (Å²) < 4.78 is 1.78. The maximum Gasteiger partial charge on any atom is 0.122 e. The second kappa shape index (κ2) is 3.90. The minimum atomic E-state index is -0.828. The van der Waals surface area contributed by atoms with Crippen molar-refractivity contribution in [3.63, 3.8) is 0 Å². The summed E-state index contributed by atoms with van der Waals surface area (Å²) in [5.74, 6) is 0. The Morgan fingerprint density at radius 2 is 2.40 bits per heavy atom. The lowest BCUT2D eigenvalue weighted by molar-refractivity contribution is 0.00811. The van der Waals surface area contributed by atoms with Crippen molar-refractivity contribution < 1.29 is 5.11 Å². The van der Waals surface area contributed by atoms with Gasteiger partial charge in [-0.15, -0.1) is 5.10 Å². The van der Waals surface area contributed by atoms with Gasteiger partial charge in [-0.05, 0) is 33.2 Å². The largest absolute Gasteiger partial charge is 0.382 e. The first kappa shape index (κ1) is 10.6. The van der Waals surface area contributed by atoms with E-state index in [1.54, 1.807) is 4.68 Å². The molecule has 0 bridgehead atoms. The summed E-state index contributed by atoms with van der Waals surface area (Å²) in [5, 5.41) is 21.6. The van der Waals surface area contributed by atoms with Crippen LogP contribution in [-0.4, -0.2) is 33.2 Å². The van der Waals surface area contributed by atoms with Gasteiger partial charge in [-0.1, -0.05) is 5.21 Å². The van der Waals surface area contributed by atoms with Gasteiger partial charge in [0.1, 0.15) is 11.3 Å². The first-order valence-corrected chi connectivity index (χ1v) is 5.47. The zero-order chi connectivity index (χ0) is 10.9. The summed E-state index contributed by atoms with van der Waals surface area (Å²) in [6.45, 7) is 5.63. The number of aromatic nitrogens is 3. The molecule has 5 heteroatoms. The lowest BCUT2D eigenvalue weighted by Crippen LogP contribution is -2.43. The van der Waals surface area contributed by atoms with Crippen molar-refractivity contribution >= 4 is 0 Å². The van der Waals surface area contributed by atoms with Crippen LogP contribution in [0.25, 0.3) is 0 Å². The molecule has 1 fully saturated rings. The van der Waals surface area contributed by atoms with Gasteiger partial charge < -0.3 is 10.4 Å². The van der Waals surface area contributed by atoms with Gasteiger partial charge >= 0.3 is 0 Å². The molecule has 5 nitrogen and oxygen atoms in total. The Morgan fingerprint density at radius 1 is 1.60 bits per heavy atom. The van der Waals surface area contributed by atoms with Crippen LogP contribution in [0.15, 0.2) is 6.20 Å². The fourth-order valence-corrected chi connectivity index (χ4v) is 1.85. The van der Waals surface area contributed by atoms with E-state index >= 15 is 0 Å². The van der Waals surface area contributed by atoms with Crippen molar-refractivity contribution in [2.75, 3.05) is 13.1 Å². The number of hydrogen-bond donors (Lipinski definition) is 2. The SMILES string of the molecule is CC(C)n1cc([C@@]2(O)CCCNC2)nn1. The Kier molecular flexibility index (Phi) is 2.75. The van der Waals surface area contributed by atoms with Gasteiger partial charge in [-0.2, -0.15) is 0 Å². The normalized spacial score (nSPS) is 27.2. The van der Waals surface area contributed by atoms with Crippen molar-refractivity contribution in [2.24, 2.45) is 0 Å². The zero-order valence-electron chi connectivity index (χ0n) is 9.27. The van der Waals surface area contributed by atoms with Gasteiger partial charge in [0, 0.05) is 12.6 Å². The molecule has 2 N–H and O–H groups in total. The summed E-state index contributed by atoms with van der Waals surface area (Å²) >= 11 is 0. The molecule has 84 valence electrons. The highest BCUT2D eigenvalue weighted by Crippen LogP contribution is 2.26. The van der Waals surface area contributed by atoms with Gasteiger partial charge in [-0.25, -0.2) is 4.68 Å². The average Bonchev–Trinajstić information content (AvgIpc) is 2.68. The number of nitrogens with one attached hydrogen (secondary N) is 1. The maximum absolute atomic E-state index is 10.4. The van der Waals surface area contributed by atoms with E-state index in [0.29, 0.717) is 12.2 Å². The fraction of sp³-hybridized carbons (Fsp3) is 0.800. The minimum Gasteiger partial charge on any atom is -0.382 e. The molecule has 2 rings (SSSR count). The van der Waals surface area contributed by atoms with Crippen LogP contribution >= 0.6 is 0 Å². The van der Waals surface area contributed by atoms with Gasteiger partial charge in [-0.3, -0.25) is 0 Å². The zero-order valence-corrected chi connectivity index (χ0v) is 9.27. The second-order valence-electron chi connectivity index (χ2n) is 4.49. The van der Waals surface area contributed by atoms with Crippen molar-refractivity contribution in [3.05, 3.63) is 11.9 Å². The predicted octanol–water partition coefficient (Wildman–Crippen LogP) is 0.430. The molecule has 15 heavy (non-hydrogen) atoms. The van der Waals surface area contributed by atoms with E-state index in [1.165, 1.54) is 0 Å². The van der Waals surface area contributed by atoms with Crippen LogP contribution in [-0.2, 0) is 5.60 Å². The number of nitrogens with zero attached hydrogens (tertiary/aromatic N) is 3. The van der Waals surface area contributed by atoms with Gasteiger partial charge in [0.05, 0.1) is 6.20 Å². The number of β-amino-alcohol motifs (C(OH)–C–C–N with tert-alkyl or cyclic N) is 1. The van der Waals surface area contributed by atoms with Crippen molar-refractivity contribution in [3.8, 4) is 0 Å². The Morgan fingerprint density at radius 3 is 2.93 bits per heavy atom. The number of hydrogen-bond acceptors (Lipinski definition) is 4. The molecule has 0 saturated carbocycles. The highest BCUT2D eigenvalue weighted by atomic mass is 16.3. The Labute approximate surface area is 89.5 Å². The number of piperidine rings is 1. The van der Waals surface area contributed by atoms with E-state index in [0.717, 1.165) is 19.4 Å². The van der Waals surface area contributed by atoms with Gasteiger partial charge in [0.15, 0.2) is 0 Å². The van der Waals surface area contributed by atoms with Gasteiger partial charge in [0.2, 0.25) is 0 Å². The molecule has 2 heterocycles. The summed E-state index contributed by atoms with van der Waals surface area (Å²) in [7, 11) is 0. The van der Waals surface area contributed by atoms with Crippen molar-refractivity contribution in [1.29, 1.82) is 0 Å². The van der Waals surface area contributed by atoms with Crippen LogP contribution in [0.4, 0.5) is 0 Å². The fourth-order valence-electron chi connectivity index (χ4n) is 1.85. The first-order valence-electron chi connectivity index (χ1n) is 5.47. The van der Waals surface area contributed by atoms with Gasteiger partial charge in [0.25, 0.3) is 0 Å². The molecule has 0 aliphatic carbocycles. The third-order valence-corrected chi connectivity index (χ3v) is 2.88. The molecule has 0 aromatic carbocycles. The number of aliphatic hydroxyl groups is 1. The molecular weight excluding hydrogens is 192 g/mol. The summed E-state index contributed by atoms with van der Waals surface area (Å²) in [4.78, 5) is 0. The molecule has 0 radical (unpaired) electrons. The molecule has 1 aliphatic heterocycles. The average molecular weight is 210 g/mol. The lowest BCUT2D eigenvalue weighted by Gasteiger charge is -2.30. The van der Waals surface area contributed by atoms with Crippen LogP contribution < -0.4 is 5.32 Å². The van der Waals surface area contributed by atoms with E-state index in [4.69, 9.17) is 0 Å². The molecule has 0 amide bonds. The predicted molar refractivity (Wildman–Crippen MR) is 56.4 cm³/mol. The van der Waals surface area contributed by atoms with Crippen molar-refractivity contribution in [1.82, 2.24) is 20.3 Å². The molecule has 0 spiro atoms. The Balaban J connectivity index is 2.20. The van der Waals surface area contributed by atoms with Crippen LogP contribution in [0.1, 0.15) is 38.4 Å². The standard InChI is InChI=1S/C10H18N4O/c1-8(2)14-6-9(12-13-14)10(15)4-3-5-11-7-10/h6,8,11,15H,3-5,7H2,1-2H3/t10-/m1/s1. The molecule has 1 saturated heterocycles. The smallest absolute Gasteiger partial charge is 0.122 e. The summed E-state index contributed by atoms with van der Waals surface area (Å²) in [6, 6.07) is 0.284. The molecule has 1 aromatic rings. The quantitative estimate of drug-likeness (QED) is 0.743. The number of rotatable bonds is 2. The Bertz CT molecular complexity index is 328. The maximum atomic E-state index is 10.4. The van der Waals surface area contributed by atoms with Crippen LogP contribution in [0, 0.1) is 0 Å². The molecule has 1 atom stereocenters. The lowest BCUT2D eigenvalue weighted by atomic mass is 9.91. The van der Waals surface area contributed by atoms with E-state index in [1.807, 2.05) is 20.0 Å². The third kappa shape index (κ3) is 2.03. The minimum absolute atomic E-state index is 0.284. The first-order chi connectivity index (χ1) is 7.12. The Hall–Kier alpha value is -0.940.